The highest BCUT2D eigenvalue weighted by molar-refractivity contribution is 7.85. The van der Waals surface area contributed by atoms with E-state index in [2.05, 4.69) is 47.8 Å². The molecule has 0 aliphatic carbocycles. The number of fused-ring (bicyclic) bond motifs is 4. The molecule has 0 spiro atoms. The van der Waals surface area contributed by atoms with Crippen molar-refractivity contribution in [3.05, 3.63) is 72.3 Å². The van der Waals surface area contributed by atoms with Crippen LogP contribution in [0.3, 0.4) is 0 Å². The SMILES string of the molecule is CC(CO)(COS(C)(=O)=O)NCc1c2ccccc2cc2c1ccc1ccccc12. The molecule has 4 aromatic rings. The molecule has 0 heterocycles. The van der Waals surface area contributed by atoms with E-state index in [1.54, 1.807) is 6.92 Å². The third kappa shape index (κ3) is 4.18. The van der Waals surface area contributed by atoms with E-state index in [0.717, 1.165) is 28.0 Å². The van der Waals surface area contributed by atoms with Crippen molar-refractivity contribution in [2.75, 3.05) is 19.5 Å². The molecular formula is C24H25NO4S. The van der Waals surface area contributed by atoms with Gasteiger partial charge in [-0.15, -0.1) is 0 Å². The number of aliphatic hydroxyl groups excluding tert-OH is 1. The molecule has 156 valence electrons. The van der Waals surface area contributed by atoms with Gasteiger partial charge in [-0.05, 0) is 50.9 Å². The fourth-order valence-electron chi connectivity index (χ4n) is 3.79. The van der Waals surface area contributed by atoms with Crippen molar-refractivity contribution in [2.45, 2.75) is 19.0 Å². The van der Waals surface area contributed by atoms with Crippen LogP contribution in [0.4, 0.5) is 0 Å². The van der Waals surface area contributed by atoms with Gasteiger partial charge in [0.25, 0.3) is 10.1 Å². The summed E-state index contributed by atoms with van der Waals surface area (Å²) in [6.45, 7) is 1.81. The molecule has 1 atom stereocenters. The standard InChI is InChI=1S/C24H25NO4S/c1-24(15-26,16-29-30(2,27)28)25-14-23-20-10-6-4-8-18(20)13-22-19-9-5-3-7-17(19)11-12-21(22)23/h3-13,25-26H,14-16H2,1-2H3. The van der Waals surface area contributed by atoms with Gasteiger partial charge >= 0.3 is 0 Å². The van der Waals surface area contributed by atoms with Crippen LogP contribution in [0.5, 0.6) is 0 Å². The summed E-state index contributed by atoms with van der Waals surface area (Å²) < 4.78 is 27.8. The van der Waals surface area contributed by atoms with Crippen molar-refractivity contribution in [1.82, 2.24) is 5.32 Å². The van der Waals surface area contributed by atoms with Crippen molar-refractivity contribution in [3.63, 3.8) is 0 Å². The predicted molar refractivity (Wildman–Crippen MR) is 122 cm³/mol. The first-order valence-corrected chi connectivity index (χ1v) is 11.6. The predicted octanol–water partition coefficient (Wildman–Crippen LogP) is 3.96. The molecule has 4 rings (SSSR count). The van der Waals surface area contributed by atoms with Gasteiger partial charge in [0.15, 0.2) is 0 Å². The number of hydrogen-bond donors (Lipinski definition) is 2. The van der Waals surface area contributed by atoms with Gasteiger partial charge in [-0.1, -0.05) is 60.7 Å². The van der Waals surface area contributed by atoms with E-state index in [1.807, 2.05) is 24.3 Å². The first-order valence-electron chi connectivity index (χ1n) is 9.82. The summed E-state index contributed by atoms with van der Waals surface area (Å²) in [5, 5.41) is 20.1. The van der Waals surface area contributed by atoms with Crippen LogP contribution in [0.2, 0.25) is 0 Å². The molecule has 4 aromatic carbocycles. The van der Waals surface area contributed by atoms with E-state index in [4.69, 9.17) is 4.18 Å². The number of hydrogen-bond acceptors (Lipinski definition) is 5. The minimum Gasteiger partial charge on any atom is -0.394 e. The summed E-state index contributed by atoms with van der Waals surface area (Å²) in [7, 11) is -3.60. The van der Waals surface area contributed by atoms with E-state index in [0.29, 0.717) is 6.54 Å². The minimum absolute atomic E-state index is 0.145. The van der Waals surface area contributed by atoms with Crippen molar-refractivity contribution in [2.24, 2.45) is 0 Å². The van der Waals surface area contributed by atoms with Gasteiger partial charge < -0.3 is 10.4 Å². The van der Waals surface area contributed by atoms with Crippen molar-refractivity contribution in [1.29, 1.82) is 0 Å². The van der Waals surface area contributed by atoms with Crippen LogP contribution in [0.25, 0.3) is 32.3 Å². The molecule has 30 heavy (non-hydrogen) atoms. The van der Waals surface area contributed by atoms with E-state index in [1.165, 1.54) is 16.2 Å². The second-order valence-electron chi connectivity index (χ2n) is 8.00. The molecule has 6 heteroatoms. The maximum absolute atomic E-state index is 11.4. The average molecular weight is 424 g/mol. The van der Waals surface area contributed by atoms with E-state index >= 15 is 0 Å². The molecular weight excluding hydrogens is 398 g/mol. The number of aliphatic hydroxyl groups is 1. The molecule has 0 aromatic heterocycles. The van der Waals surface area contributed by atoms with Gasteiger partial charge in [-0.3, -0.25) is 4.18 Å². The number of nitrogens with one attached hydrogen (secondary N) is 1. The quantitative estimate of drug-likeness (QED) is 0.267. The molecule has 0 aliphatic rings. The molecule has 0 saturated carbocycles. The van der Waals surface area contributed by atoms with Crippen LogP contribution >= 0.6 is 0 Å². The second-order valence-corrected chi connectivity index (χ2v) is 9.64. The Labute approximate surface area is 176 Å². The summed E-state index contributed by atoms with van der Waals surface area (Å²) in [5.41, 5.74) is 0.205. The highest BCUT2D eigenvalue weighted by atomic mass is 32.2. The lowest BCUT2D eigenvalue weighted by atomic mass is 9.92. The Hall–Kier alpha value is -2.51. The molecule has 0 bridgehead atoms. The molecule has 0 saturated heterocycles. The Kier molecular flexibility index (Phi) is 5.51. The second kappa shape index (κ2) is 7.96. The largest absolute Gasteiger partial charge is 0.394 e. The summed E-state index contributed by atoms with van der Waals surface area (Å²) in [6, 6.07) is 23.0. The van der Waals surface area contributed by atoms with Crippen LogP contribution in [-0.4, -0.2) is 38.5 Å². The molecule has 0 aliphatic heterocycles. The molecule has 5 nitrogen and oxygen atoms in total. The first-order chi connectivity index (χ1) is 14.3. The summed E-state index contributed by atoms with van der Waals surface area (Å²) in [5.74, 6) is 0. The van der Waals surface area contributed by atoms with Crippen LogP contribution in [0, 0.1) is 0 Å². The molecule has 0 fully saturated rings. The Morgan fingerprint density at radius 2 is 1.57 bits per heavy atom. The van der Waals surface area contributed by atoms with Gasteiger partial charge in [0.1, 0.15) is 0 Å². The monoisotopic (exact) mass is 423 g/mol. The fraction of sp³-hybridized carbons (Fsp3) is 0.250. The zero-order valence-electron chi connectivity index (χ0n) is 17.1. The fourth-order valence-corrected chi connectivity index (χ4v) is 4.27. The third-order valence-corrected chi connectivity index (χ3v) is 6.06. The highest BCUT2D eigenvalue weighted by Crippen LogP contribution is 2.33. The van der Waals surface area contributed by atoms with Gasteiger partial charge in [0.05, 0.1) is 25.0 Å². The normalized spacial score (nSPS) is 14.4. The van der Waals surface area contributed by atoms with Gasteiger partial charge in [0.2, 0.25) is 0 Å². The number of rotatable bonds is 7. The zero-order chi connectivity index (χ0) is 21.4. The topological polar surface area (TPSA) is 75.6 Å². The summed E-state index contributed by atoms with van der Waals surface area (Å²) >= 11 is 0. The molecule has 0 radical (unpaired) electrons. The van der Waals surface area contributed by atoms with Gasteiger partial charge in [0, 0.05) is 6.54 Å². The lowest BCUT2D eigenvalue weighted by molar-refractivity contribution is 0.118. The first kappa shape index (κ1) is 20.8. The van der Waals surface area contributed by atoms with Crippen molar-refractivity contribution >= 4 is 42.4 Å². The lowest BCUT2D eigenvalue weighted by Crippen LogP contribution is -2.49. The number of benzene rings is 4. The smallest absolute Gasteiger partial charge is 0.264 e. The van der Waals surface area contributed by atoms with Gasteiger partial charge in [-0.25, -0.2) is 0 Å². The van der Waals surface area contributed by atoms with E-state index in [-0.39, 0.29) is 13.2 Å². The molecule has 1 unspecified atom stereocenters. The zero-order valence-corrected chi connectivity index (χ0v) is 17.9. The van der Waals surface area contributed by atoms with Crippen molar-refractivity contribution < 1.29 is 17.7 Å². The maximum atomic E-state index is 11.4. The third-order valence-electron chi connectivity index (χ3n) is 5.51. The Morgan fingerprint density at radius 3 is 2.27 bits per heavy atom. The Balaban J connectivity index is 1.81. The van der Waals surface area contributed by atoms with Crippen LogP contribution in [0.15, 0.2) is 66.7 Å². The van der Waals surface area contributed by atoms with Crippen LogP contribution < -0.4 is 5.32 Å². The Morgan fingerprint density at radius 1 is 0.900 bits per heavy atom. The molecule has 0 amide bonds. The van der Waals surface area contributed by atoms with Crippen LogP contribution in [0.1, 0.15) is 12.5 Å². The summed E-state index contributed by atoms with van der Waals surface area (Å²) in [6.07, 6.45) is 1.01. The summed E-state index contributed by atoms with van der Waals surface area (Å²) in [4.78, 5) is 0. The minimum atomic E-state index is -3.60. The molecule has 2 N–H and O–H groups in total. The average Bonchev–Trinajstić information content (AvgIpc) is 2.74. The van der Waals surface area contributed by atoms with Gasteiger partial charge in [-0.2, -0.15) is 8.42 Å². The van der Waals surface area contributed by atoms with E-state index < -0.39 is 15.7 Å². The van der Waals surface area contributed by atoms with Crippen molar-refractivity contribution in [3.8, 4) is 0 Å². The van der Waals surface area contributed by atoms with Crippen LogP contribution in [-0.2, 0) is 20.8 Å². The Bertz CT molecular complexity index is 1330. The highest BCUT2D eigenvalue weighted by Gasteiger charge is 2.26. The maximum Gasteiger partial charge on any atom is 0.264 e. The van der Waals surface area contributed by atoms with E-state index in [9.17, 15) is 13.5 Å². The lowest BCUT2D eigenvalue weighted by Gasteiger charge is -2.28.